The Morgan fingerprint density at radius 1 is 1.00 bits per heavy atom. The zero-order chi connectivity index (χ0) is 31.9. The fourth-order valence-corrected chi connectivity index (χ4v) is 5.53. The third kappa shape index (κ3) is 6.49. The molecule has 2 aliphatic heterocycles. The third-order valence-corrected chi connectivity index (χ3v) is 8.39. The van der Waals surface area contributed by atoms with Crippen LogP contribution in [0.1, 0.15) is 40.3 Å². The summed E-state index contributed by atoms with van der Waals surface area (Å²) in [5, 5.41) is 10.0. The number of halogens is 5. The lowest BCUT2D eigenvalue weighted by Crippen LogP contribution is -2.55. The van der Waals surface area contributed by atoms with Crippen LogP contribution < -0.4 is 10.2 Å². The van der Waals surface area contributed by atoms with Gasteiger partial charge in [0.25, 0.3) is 11.8 Å². The van der Waals surface area contributed by atoms with E-state index in [2.05, 4.69) is 30.4 Å². The number of hydrogen-bond acceptors (Lipinski definition) is 8. The molecule has 2 saturated heterocycles. The normalized spacial score (nSPS) is 20.2. The minimum absolute atomic E-state index is 0.00684. The Kier molecular flexibility index (Phi) is 8.82. The van der Waals surface area contributed by atoms with E-state index in [4.69, 9.17) is 11.6 Å². The highest BCUT2D eigenvalue weighted by Gasteiger charge is 2.37. The van der Waals surface area contributed by atoms with E-state index < -0.39 is 34.2 Å². The number of carbonyl (C=O) groups excluding carboxylic acids is 2. The van der Waals surface area contributed by atoms with E-state index in [1.807, 2.05) is 32.8 Å². The lowest BCUT2D eigenvalue weighted by Gasteiger charge is -2.44. The maximum atomic E-state index is 15.8. The van der Waals surface area contributed by atoms with Crippen molar-refractivity contribution in [2.75, 3.05) is 63.6 Å². The molecule has 2 fully saturated rings. The van der Waals surface area contributed by atoms with Crippen molar-refractivity contribution in [2.24, 2.45) is 0 Å². The first-order valence-corrected chi connectivity index (χ1v) is 14.4. The minimum Gasteiger partial charge on any atom is -0.367 e. The molecule has 2 amide bonds. The summed E-state index contributed by atoms with van der Waals surface area (Å²) >= 11 is 5.70. The first kappa shape index (κ1) is 31.6. The smallest absolute Gasteiger partial charge is 0.367 e. The summed E-state index contributed by atoms with van der Waals surface area (Å²) in [6, 6.07) is 3.16. The van der Waals surface area contributed by atoms with Gasteiger partial charge in [0.05, 0.1) is 28.7 Å². The van der Waals surface area contributed by atoms with Crippen molar-refractivity contribution in [3.8, 4) is 5.69 Å². The number of alkyl halides is 3. The van der Waals surface area contributed by atoms with Gasteiger partial charge in [-0.1, -0.05) is 16.8 Å². The van der Waals surface area contributed by atoms with Gasteiger partial charge in [-0.2, -0.15) is 13.2 Å². The maximum absolute atomic E-state index is 15.8. The summed E-state index contributed by atoms with van der Waals surface area (Å²) in [7, 11) is 3.93. The molecule has 44 heavy (non-hydrogen) atoms. The summed E-state index contributed by atoms with van der Waals surface area (Å²) < 4.78 is 58.2. The number of aromatic nitrogens is 4. The maximum Gasteiger partial charge on any atom is 0.417 e. The van der Waals surface area contributed by atoms with Crippen LogP contribution in [0.25, 0.3) is 5.69 Å². The summed E-state index contributed by atoms with van der Waals surface area (Å²) in [6.45, 7) is 7.32. The van der Waals surface area contributed by atoms with Gasteiger partial charge in [-0.25, -0.2) is 14.1 Å². The zero-order valence-electron chi connectivity index (χ0n) is 24.6. The van der Waals surface area contributed by atoms with Gasteiger partial charge in [0, 0.05) is 63.6 Å². The van der Waals surface area contributed by atoms with E-state index in [0.29, 0.717) is 45.3 Å². The summed E-state index contributed by atoms with van der Waals surface area (Å²) in [5.41, 5.74) is -1.85. The van der Waals surface area contributed by atoms with Crippen molar-refractivity contribution in [1.82, 2.24) is 34.7 Å². The lowest BCUT2D eigenvalue weighted by atomic mass is 10.1. The SMILES string of the molecule is C[C@H]1CN(c2cc(F)c(-n3cc(C(=O)N4CCN(C)CC4)nn3)cc2NC(=O)c2cnc(Cl)cc2C(F)(F)F)C[C@H](C)N1C. The predicted octanol–water partition coefficient (Wildman–Crippen LogP) is 3.64. The molecule has 2 aromatic heterocycles. The van der Waals surface area contributed by atoms with Gasteiger partial charge >= 0.3 is 6.18 Å². The standard InChI is InChI=1S/C28H32ClF4N9O2/c1-16-13-41(14-17(2)39(16)4)24-10-20(30)23(42-15-22(36-37-42)27(44)40-7-5-38(3)6-8-40)11-21(24)35-26(43)18-12-34-25(29)9-19(18)28(31,32)33/h9-12,15-17H,5-8,13-14H2,1-4H3,(H,35,43)/t16-,17-/m0/s1. The topological polar surface area (TPSA) is 103 Å². The molecule has 0 radical (unpaired) electrons. The number of rotatable bonds is 5. The third-order valence-electron chi connectivity index (χ3n) is 8.18. The summed E-state index contributed by atoms with van der Waals surface area (Å²) in [5.74, 6) is -2.20. The fraction of sp³-hybridized carbons (Fsp3) is 0.464. The molecule has 236 valence electrons. The highest BCUT2D eigenvalue weighted by Crippen LogP contribution is 2.36. The molecular weight excluding hydrogens is 606 g/mol. The molecule has 0 aliphatic carbocycles. The summed E-state index contributed by atoms with van der Waals surface area (Å²) in [4.78, 5) is 37.8. The molecule has 2 atom stereocenters. The Hall–Kier alpha value is -3.82. The van der Waals surface area contributed by atoms with Gasteiger partial charge in [0.2, 0.25) is 0 Å². The number of carbonyl (C=O) groups is 2. The molecule has 16 heteroatoms. The van der Waals surface area contributed by atoms with Crippen LogP contribution in [0.3, 0.4) is 0 Å². The van der Waals surface area contributed by atoms with Crippen molar-refractivity contribution in [3.63, 3.8) is 0 Å². The van der Waals surface area contributed by atoms with Crippen LogP contribution >= 0.6 is 11.6 Å². The second kappa shape index (κ2) is 12.3. The number of hydrogen-bond donors (Lipinski definition) is 1. The van der Waals surface area contributed by atoms with Crippen molar-refractivity contribution < 1.29 is 27.2 Å². The molecule has 2 aliphatic rings. The van der Waals surface area contributed by atoms with E-state index in [1.165, 1.54) is 18.3 Å². The Morgan fingerprint density at radius 3 is 2.30 bits per heavy atom. The van der Waals surface area contributed by atoms with Crippen LogP contribution in [-0.4, -0.2) is 112 Å². The molecule has 3 aromatic rings. The van der Waals surface area contributed by atoms with E-state index >= 15 is 4.39 Å². The average molecular weight is 638 g/mol. The van der Waals surface area contributed by atoms with Gasteiger partial charge in [-0.3, -0.25) is 14.5 Å². The Labute approximate surface area is 256 Å². The minimum atomic E-state index is -4.88. The average Bonchev–Trinajstić information content (AvgIpc) is 3.46. The van der Waals surface area contributed by atoms with Gasteiger partial charge in [-0.05, 0) is 40.1 Å². The molecule has 5 rings (SSSR count). The Balaban J connectivity index is 1.53. The molecule has 0 bridgehead atoms. The Bertz CT molecular complexity index is 1550. The second-order valence-electron chi connectivity index (χ2n) is 11.2. The monoisotopic (exact) mass is 637 g/mol. The van der Waals surface area contributed by atoms with E-state index in [9.17, 15) is 22.8 Å². The predicted molar refractivity (Wildman–Crippen MR) is 156 cm³/mol. The van der Waals surface area contributed by atoms with Crippen LogP contribution in [0.15, 0.2) is 30.6 Å². The Morgan fingerprint density at radius 2 is 1.66 bits per heavy atom. The van der Waals surface area contributed by atoms with Crippen molar-refractivity contribution in [2.45, 2.75) is 32.1 Å². The zero-order valence-corrected chi connectivity index (χ0v) is 25.3. The molecular formula is C28H32ClF4N9O2. The van der Waals surface area contributed by atoms with Gasteiger partial charge in [0.15, 0.2) is 11.5 Å². The van der Waals surface area contributed by atoms with Crippen LogP contribution in [0, 0.1) is 5.82 Å². The number of pyridine rings is 1. The second-order valence-corrected chi connectivity index (χ2v) is 11.6. The molecule has 0 saturated carbocycles. The van der Waals surface area contributed by atoms with Crippen molar-refractivity contribution in [3.05, 3.63) is 58.4 Å². The molecule has 0 unspecified atom stereocenters. The summed E-state index contributed by atoms with van der Waals surface area (Å²) in [6.07, 6.45) is -2.85. The number of likely N-dealkylation sites (N-methyl/N-ethyl adjacent to an activating group) is 2. The lowest BCUT2D eigenvalue weighted by molar-refractivity contribution is -0.138. The van der Waals surface area contributed by atoms with Gasteiger partial charge in [0.1, 0.15) is 10.8 Å². The van der Waals surface area contributed by atoms with Crippen molar-refractivity contribution >= 4 is 34.8 Å². The van der Waals surface area contributed by atoms with Crippen molar-refractivity contribution in [1.29, 1.82) is 0 Å². The van der Waals surface area contributed by atoms with Gasteiger partial charge in [-0.15, -0.1) is 5.10 Å². The first-order chi connectivity index (χ1) is 20.7. The molecule has 11 nitrogen and oxygen atoms in total. The van der Waals surface area contributed by atoms with Crippen LogP contribution in [-0.2, 0) is 6.18 Å². The first-order valence-electron chi connectivity index (χ1n) is 14.0. The number of benzene rings is 1. The van der Waals surface area contributed by atoms with Crippen LogP contribution in [0.5, 0.6) is 0 Å². The van der Waals surface area contributed by atoms with Crippen LogP contribution in [0.4, 0.5) is 28.9 Å². The molecule has 4 heterocycles. The van der Waals surface area contributed by atoms with E-state index in [0.717, 1.165) is 10.9 Å². The highest BCUT2D eigenvalue weighted by molar-refractivity contribution is 6.29. The number of nitrogens with one attached hydrogen (secondary N) is 1. The number of nitrogens with zero attached hydrogens (tertiary/aromatic N) is 8. The number of anilines is 2. The van der Waals surface area contributed by atoms with E-state index in [-0.39, 0.29) is 40.7 Å². The quantitative estimate of drug-likeness (QED) is 0.334. The molecule has 1 aromatic carbocycles. The molecule has 1 N–H and O–H groups in total. The van der Waals surface area contributed by atoms with E-state index in [1.54, 1.807) is 4.90 Å². The van der Waals surface area contributed by atoms with Crippen LogP contribution in [0.2, 0.25) is 5.15 Å². The number of piperazine rings is 2. The fourth-order valence-electron chi connectivity index (χ4n) is 5.38. The number of amides is 2. The highest BCUT2D eigenvalue weighted by atomic mass is 35.5. The van der Waals surface area contributed by atoms with Gasteiger partial charge < -0.3 is 20.0 Å². The largest absolute Gasteiger partial charge is 0.417 e. The molecule has 0 spiro atoms.